The maximum atomic E-state index is 11.1. The molecule has 4 nitrogen and oxygen atoms in total. The highest BCUT2D eigenvalue weighted by Crippen LogP contribution is 2.25. The van der Waals surface area contributed by atoms with Crippen LogP contribution in [-0.2, 0) is 0 Å². The Morgan fingerprint density at radius 1 is 0.947 bits per heavy atom. The summed E-state index contributed by atoms with van der Waals surface area (Å²) in [5.74, 6) is 0.762. The van der Waals surface area contributed by atoms with Crippen LogP contribution in [-0.4, -0.2) is 24.2 Å². The molecule has 0 unspecified atom stereocenters. The van der Waals surface area contributed by atoms with Crippen LogP contribution in [0, 0.1) is 13.8 Å². The maximum absolute atomic E-state index is 11.1. The van der Waals surface area contributed by atoms with Crippen LogP contribution in [0.4, 0.5) is 0 Å². The number of ether oxygens (including phenoxy) is 1. The highest BCUT2D eigenvalue weighted by Gasteiger charge is 2.17. The third-order valence-electron chi connectivity index (χ3n) is 3.31. The molecule has 19 heavy (non-hydrogen) atoms. The first-order valence-corrected chi connectivity index (χ1v) is 5.90. The number of carbonyl (C=O) groups excluding carboxylic acids is 2. The maximum Gasteiger partial charge on any atom is 0.152 e. The van der Waals surface area contributed by atoms with E-state index < -0.39 is 0 Å². The molecule has 0 radical (unpaired) electrons. The van der Waals surface area contributed by atoms with Crippen molar-refractivity contribution in [3.8, 4) is 11.4 Å². The van der Waals surface area contributed by atoms with E-state index in [4.69, 9.17) is 4.74 Å². The van der Waals surface area contributed by atoms with Gasteiger partial charge in [-0.05, 0) is 38.1 Å². The molecule has 0 N–H and O–H groups in total. The molecule has 4 heteroatoms. The highest BCUT2D eigenvalue weighted by molar-refractivity contribution is 5.93. The van der Waals surface area contributed by atoms with Crippen molar-refractivity contribution in [1.29, 1.82) is 0 Å². The fourth-order valence-corrected chi connectivity index (χ4v) is 2.30. The number of nitrogens with zero attached hydrogens (tertiary/aromatic N) is 1. The van der Waals surface area contributed by atoms with E-state index in [0.717, 1.165) is 35.4 Å². The van der Waals surface area contributed by atoms with E-state index >= 15 is 0 Å². The SMILES string of the molecule is COc1ccc(-n2c(C)c(C=O)c(C=O)c2C)cc1. The molecule has 1 aromatic carbocycles. The van der Waals surface area contributed by atoms with Crippen LogP contribution < -0.4 is 4.74 Å². The molecule has 0 aliphatic rings. The summed E-state index contributed by atoms with van der Waals surface area (Å²) in [5, 5.41) is 0. The Kier molecular flexibility index (Phi) is 3.51. The largest absolute Gasteiger partial charge is 0.497 e. The molecule has 2 rings (SSSR count). The van der Waals surface area contributed by atoms with Crippen LogP contribution in [0.3, 0.4) is 0 Å². The number of rotatable bonds is 4. The molecule has 0 spiro atoms. The van der Waals surface area contributed by atoms with Crippen molar-refractivity contribution in [2.75, 3.05) is 7.11 Å². The average molecular weight is 257 g/mol. The van der Waals surface area contributed by atoms with E-state index in [1.165, 1.54) is 0 Å². The summed E-state index contributed by atoms with van der Waals surface area (Å²) in [6.07, 6.45) is 1.46. The molecular weight excluding hydrogens is 242 g/mol. The standard InChI is InChI=1S/C15H15NO3/c1-10-14(8-17)15(9-18)11(2)16(10)12-4-6-13(19-3)7-5-12/h4-9H,1-3H3. The van der Waals surface area contributed by atoms with Gasteiger partial charge in [0.25, 0.3) is 0 Å². The van der Waals surface area contributed by atoms with Gasteiger partial charge in [-0.15, -0.1) is 0 Å². The quantitative estimate of drug-likeness (QED) is 0.791. The Balaban J connectivity index is 2.64. The van der Waals surface area contributed by atoms with Crippen molar-refractivity contribution >= 4 is 12.6 Å². The van der Waals surface area contributed by atoms with Crippen molar-refractivity contribution in [2.45, 2.75) is 13.8 Å². The van der Waals surface area contributed by atoms with Gasteiger partial charge in [0.15, 0.2) is 12.6 Å². The van der Waals surface area contributed by atoms with Crippen LogP contribution >= 0.6 is 0 Å². The molecular formula is C15H15NO3. The van der Waals surface area contributed by atoms with Gasteiger partial charge in [-0.1, -0.05) is 0 Å². The number of methoxy groups -OCH3 is 1. The van der Waals surface area contributed by atoms with Gasteiger partial charge >= 0.3 is 0 Å². The van der Waals surface area contributed by atoms with Gasteiger partial charge < -0.3 is 9.30 Å². The average Bonchev–Trinajstić information content (AvgIpc) is 2.69. The Labute approximate surface area is 111 Å². The van der Waals surface area contributed by atoms with E-state index in [1.54, 1.807) is 7.11 Å². The van der Waals surface area contributed by atoms with Gasteiger partial charge in [0.2, 0.25) is 0 Å². The van der Waals surface area contributed by atoms with E-state index in [-0.39, 0.29) is 0 Å². The predicted molar refractivity (Wildman–Crippen MR) is 72.6 cm³/mol. The Morgan fingerprint density at radius 3 is 1.79 bits per heavy atom. The van der Waals surface area contributed by atoms with Crippen LogP contribution in [0.15, 0.2) is 24.3 Å². The third-order valence-corrected chi connectivity index (χ3v) is 3.31. The number of hydrogen-bond donors (Lipinski definition) is 0. The lowest BCUT2D eigenvalue weighted by molar-refractivity contribution is 0.109. The molecule has 0 aliphatic heterocycles. The molecule has 0 bridgehead atoms. The first-order valence-electron chi connectivity index (χ1n) is 5.90. The lowest BCUT2D eigenvalue weighted by Gasteiger charge is -2.10. The van der Waals surface area contributed by atoms with Crippen molar-refractivity contribution in [3.63, 3.8) is 0 Å². The van der Waals surface area contributed by atoms with Crippen molar-refractivity contribution in [1.82, 2.24) is 4.57 Å². The monoisotopic (exact) mass is 257 g/mol. The summed E-state index contributed by atoms with van der Waals surface area (Å²) in [5.41, 5.74) is 3.32. The lowest BCUT2D eigenvalue weighted by Crippen LogP contribution is -1.99. The summed E-state index contributed by atoms with van der Waals surface area (Å²) in [6.45, 7) is 3.65. The number of carbonyl (C=O) groups is 2. The topological polar surface area (TPSA) is 48.3 Å². The second-order valence-electron chi connectivity index (χ2n) is 4.27. The second kappa shape index (κ2) is 5.10. The minimum absolute atomic E-state index is 0.448. The van der Waals surface area contributed by atoms with Gasteiger partial charge in [-0.3, -0.25) is 9.59 Å². The number of benzene rings is 1. The van der Waals surface area contributed by atoms with E-state index in [0.29, 0.717) is 11.1 Å². The van der Waals surface area contributed by atoms with Crippen molar-refractivity contribution in [3.05, 3.63) is 46.8 Å². The summed E-state index contributed by atoms with van der Waals surface area (Å²) in [7, 11) is 1.61. The van der Waals surface area contributed by atoms with E-state index in [9.17, 15) is 9.59 Å². The Hall–Kier alpha value is -2.36. The lowest BCUT2D eigenvalue weighted by atomic mass is 10.1. The Bertz CT molecular complexity index is 592. The molecule has 0 amide bonds. The second-order valence-corrected chi connectivity index (χ2v) is 4.27. The zero-order valence-corrected chi connectivity index (χ0v) is 11.1. The van der Waals surface area contributed by atoms with Crippen LogP contribution in [0.2, 0.25) is 0 Å². The van der Waals surface area contributed by atoms with Gasteiger partial charge in [-0.2, -0.15) is 0 Å². The first-order chi connectivity index (χ1) is 9.13. The molecule has 2 aromatic rings. The van der Waals surface area contributed by atoms with Crippen LogP contribution in [0.25, 0.3) is 5.69 Å². The smallest absolute Gasteiger partial charge is 0.152 e. The number of hydrogen-bond acceptors (Lipinski definition) is 3. The molecule has 0 atom stereocenters. The Morgan fingerprint density at radius 2 is 1.42 bits per heavy atom. The molecule has 0 aliphatic carbocycles. The fourth-order valence-electron chi connectivity index (χ4n) is 2.30. The summed E-state index contributed by atoms with van der Waals surface area (Å²) >= 11 is 0. The molecule has 0 fully saturated rings. The molecule has 1 heterocycles. The number of aldehydes is 2. The number of aromatic nitrogens is 1. The van der Waals surface area contributed by atoms with Gasteiger partial charge in [0.05, 0.1) is 7.11 Å². The first kappa shape index (κ1) is 13.1. The summed E-state index contributed by atoms with van der Waals surface area (Å²) < 4.78 is 7.01. The van der Waals surface area contributed by atoms with Crippen LogP contribution in [0.1, 0.15) is 32.1 Å². The summed E-state index contributed by atoms with van der Waals surface area (Å²) in [6, 6.07) is 7.47. The van der Waals surface area contributed by atoms with Crippen LogP contribution in [0.5, 0.6) is 5.75 Å². The molecule has 0 saturated heterocycles. The van der Waals surface area contributed by atoms with Gasteiger partial charge in [0, 0.05) is 28.2 Å². The predicted octanol–water partition coefficient (Wildman–Crippen LogP) is 2.73. The van der Waals surface area contributed by atoms with Crippen molar-refractivity contribution in [2.24, 2.45) is 0 Å². The van der Waals surface area contributed by atoms with Crippen molar-refractivity contribution < 1.29 is 14.3 Å². The molecule has 1 aromatic heterocycles. The molecule has 0 saturated carbocycles. The normalized spacial score (nSPS) is 10.3. The highest BCUT2D eigenvalue weighted by atomic mass is 16.5. The van der Waals surface area contributed by atoms with E-state index in [2.05, 4.69) is 0 Å². The minimum Gasteiger partial charge on any atom is -0.497 e. The zero-order chi connectivity index (χ0) is 14.0. The minimum atomic E-state index is 0.448. The molecule has 98 valence electrons. The van der Waals surface area contributed by atoms with E-state index in [1.807, 2.05) is 42.7 Å². The fraction of sp³-hybridized carbons (Fsp3) is 0.200. The third kappa shape index (κ3) is 2.05. The van der Waals surface area contributed by atoms with Gasteiger partial charge in [-0.25, -0.2) is 0 Å². The zero-order valence-electron chi connectivity index (χ0n) is 11.1. The summed E-state index contributed by atoms with van der Waals surface area (Å²) in [4.78, 5) is 22.2. The van der Waals surface area contributed by atoms with Gasteiger partial charge in [0.1, 0.15) is 5.75 Å².